The van der Waals surface area contributed by atoms with Gasteiger partial charge in [0.25, 0.3) is 0 Å². The Morgan fingerprint density at radius 1 is 1.15 bits per heavy atom. The molecule has 0 unspecified atom stereocenters. The van der Waals surface area contributed by atoms with E-state index in [0.717, 1.165) is 12.8 Å². The summed E-state index contributed by atoms with van der Waals surface area (Å²) in [6, 6.07) is 0. The SMILES string of the molecule is O=C(O)[C@@H]1CCN(C(=O)CCS(=O)(=O)C2CCCC2)C1. The molecular formula is C13H21NO5S. The molecule has 0 spiro atoms. The third-order valence-electron chi connectivity index (χ3n) is 4.30. The number of aliphatic carboxylic acids is 1. The Labute approximate surface area is 119 Å². The molecular weight excluding hydrogens is 282 g/mol. The van der Waals surface area contributed by atoms with Crippen LogP contribution in [0.25, 0.3) is 0 Å². The fourth-order valence-electron chi connectivity index (χ4n) is 2.99. The van der Waals surface area contributed by atoms with E-state index < -0.39 is 21.7 Å². The van der Waals surface area contributed by atoms with Gasteiger partial charge >= 0.3 is 5.97 Å². The summed E-state index contributed by atoms with van der Waals surface area (Å²) in [6.07, 6.45) is 3.75. The smallest absolute Gasteiger partial charge is 0.308 e. The van der Waals surface area contributed by atoms with Crippen LogP contribution in [-0.2, 0) is 19.4 Å². The Morgan fingerprint density at radius 3 is 2.35 bits per heavy atom. The lowest BCUT2D eigenvalue weighted by molar-refractivity contribution is -0.141. The van der Waals surface area contributed by atoms with Crippen molar-refractivity contribution < 1.29 is 23.1 Å². The number of likely N-dealkylation sites (tertiary alicyclic amines) is 1. The van der Waals surface area contributed by atoms with Gasteiger partial charge in [0.15, 0.2) is 9.84 Å². The summed E-state index contributed by atoms with van der Waals surface area (Å²) in [7, 11) is -3.18. The summed E-state index contributed by atoms with van der Waals surface area (Å²) in [4.78, 5) is 24.2. The maximum Gasteiger partial charge on any atom is 0.308 e. The van der Waals surface area contributed by atoms with Gasteiger partial charge in [-0.05, 0) is 19.3 Å². The molecule has 114 valence electrons. The number of rotatable bonds is 5. The molecule has 0 aromatic rings. The number of sulfone groups is 1. The Balaban J connectivity index is 1.82. The first-order valence-corrected chi connectivity index (χ1v) is 8.84. The molecule has 1 saturated heterocycles. The second kappa shape index (κ2) is 6.11. The number of hydrogen-bond donors (Lipinski definition) is 1. The molecule has 1 N–H and O–H groups in total. The quantitative estimate of drug-likeness (QED) is 0.806. The van der Waals surface area contributed by atoms with Crippen molar-refractivity contribution >= 4 is 21.7 Å². The Hall–Kier alpha value is -1.11. The summed E-state index contributed by atoms with van der Waals surface area (Å²) in [5.41, 5.74) is 0. The van der Waals surface area contributed by atoms with Gasteiger partial charge < -0.3 is 10.0 Å². The van der Waals surface area contributed by atoms with Crippen molar-refractivity contribution in [1.29, 1.82) is 0 Å². The molecule has 0 aromatic heterocycles. The van der Waals surface area contributed by atoms with Crippen LogP contribution in [0, 0.1) is 5.92 Å². The van der Waals surface area contributed by atoms with E-state index in [1.807, 2.05) is 0 Å². The van der Waals surface area contributed by atoms with E-state index in [2.05, 4.69) is 0 Å². The van der Waals surface area contributed by atoms with E-state index in [1.165, 1.54) is 4.90 Å². The normalized spacial score (nSPS) is 24.2. The summed E-state index contributed by atoms with van der Waals surface area (Å²) in [5.74, 6) is -1.75. The Morgan fingerprint density at radius 2 is 1.80 bits per heavy atom. The van der Waals surface area contributed by atoms with Crippen LogP contribution in [0.2, 0.25) is 0 Å². The average Bonchev–Trinajstić information content (AvgIpc) is 3.06. The highest BCUT2D eigenvalue weighted by Crippen LogP contribution is 2.26. The van der Waals surface area contributed by atoms with Gasteiger partial charge in [0.2, 0.25) is 5.91 Å². The molecule has 0 bridgehead atoms. The molecule has 2 rings (SSSR count). The molecule has 1 aliphatic heterocycles. The minimum Gasteiger partial charge on any atom is -0.481 e. The number of nitrogens with zero attached hydrogens (tertiary/aromatic N) is 1. The van der Waals surface area contributed by atoms with Crippen LogP contribution in [0.5, 0.6) is 0 Å². The van der Waals surface area contributed by atoms with Crippen LogP contribution in [0.1, 0.15) is 38.5 Å². The van der Waals surface area contributed by atoms with Gasteiger partial charge in [-0.15, -0.1) is 0 Å². The monoisotopic (exact) mass is 303 g/mol. The molecule has 1 saturated carbocycles. The van der Waals surface area contributed by atoms with Gasteiger partial charge in [-0.2, -0.15) is 0 Å². The van der Waals surface area contributed by atoms with Crippen LogP contribution in [0.15, 0.2) is 0 Å². The van der Waals surface area contributed by atoms with Crippen molar-refractivity contribution in [3.63, 3.8) is 0 Å². The minimum atomic E-state index is -3.18. The molecule has 1 aliphatic carbocycles. The number of carbonyl (C=O) groups excluding carboxylic acids is 1. The molecule has 6 nitrogen and oxygen atoms in total. The van der Waals surface area contributed by atoms with Crippen molar-refractivity contribution in [2.45, 2.75) is 43.8 Å². The van der Waals surface area contributed by atoms with Gasteiger partial charge in [-0.25, -0.2) is 8.42 Å². The van der Waals surface area contributed by atoms with E-state index in [0.29, 0.717) is 25.8 Å². The Kier molecular flexibility index (Phi) is 4.67. The average molecular weight is 303 g/mol. The van der Waals surface area contributed by atoms with Crippen LogP contribution in [0.3, 0.4) is 0 Å². The van der Waals surface area contributed by atoms with Gasteiger partial charge in [0.1, 0.15) is 0 Å². The second-order valence-corrected chi connectivity index (χ2v) is 8.09. The zero-order chi connectivity index (χ0) is 14.8. The lowest BCUT2D eigenvalue weighted by Gasteiger charge is -2.17. The highest BCUT2D eigenvalue weighted by atomic mass is 32.2. The van der Waals surface area contributed by atoms with Gasteiger partial charge in [-0.3, -0.25) is 9.59 Å². The predicted molar refractivity (Wildman–Crippen MR) is 73.0 cm³/mol. The maximum atomic E-state index is 12.1. The zero-order valence-corrected chi connectivity index (χ0v) is 12.3. The maximum absolute atomic E-state index is 12.1. The number of amides is 1. The molecule has 1 heterocycles. The van der Waals surface area contributed by atoms with Crippen LogP contribution in [-0.4, -0.2) is 54.4 Å². The molecule has 20 heavy (non-hydrogen) atoms. The van der Waals surface area contributed by atoms with Crippen molar-refractivity contribution in [2.75, 3.05) is 18.8 Å². The first kappa shape index (κ1) is 15.3. The molecule has 0 aromatic carbocycles. The lowest BCUT2D eigenvalue weighted by Crippen LogP contribution is -2.32. The minimum absolute atomic E-state index is 0.0226. The van der Waals surface area contributed by atoms with E-state index in [9.17, 15) is 18.0 Å². The number of carbonyl (C=O) groups is 2. The molecule has 2 fully saturated rings. The standard InChI is InChI=1S/C13H21NO5S/c15-12(14-7-5-10(9-14)13(16)17)6-8-20(18,19)11-3-1-2-4-11/h10-11H,1-9H2,(H,16,17)/t10-/m1/s1. The summed E-state index contributed by atoms with van der Waals surface area (Å²) in [6.45, 7) is 0.622. The molecule has 1 amide bonds. The molecule has 0 radical (unpaired) electrons. The third kappa shape index (κ3) is 3.50. The largest absolute Gasteiger partial charge is 0.481 e. The van der Waals surface area contributed by atoms with E-state index in [-0.39, 0.29) is 29.9 Å². The number of carboxylic acid groups (broad SMARTS) is 1. The van der Waals surface area contributed by atoms with E-state index in [1.54, 1.807) is 0 Å². The van der Waals surface area contributed by atoms with Crippen molar-refractivity contribution in [2.24, 2.45) is 5.92 Å². The topological polar surface area (TPSA) is 91.8 Å². The van der Waals surface area contributed by atoms with Crippen LogP contribution >= 0.6 is 0 Å². The molecule has 1 atom stereocenters. The highest BCUT2D eigenvalue weighted by molar-refractivity contribution is 7.92. The van der Waals surface area contributed by atoms with E-state index >= 15 is 0 Å². The summed E-state index contributed by atoms with van der Waals surface area (Å²) in [5, 5.41) is 8.60. The summed E-state index contributed by atoms with van der Waals surface area (Å²) < 4.78 is 24.1. The molecule has 7 heteroatoms. The van der Waals surface area contributed by atoms with E-state index in [4.69, 9.17) is 5.11 Å². The van der Waals surface area contributed by atoms with Gasteiger partial charge in [0.05, 0.1) is 16.9 Å². The van der Waals surface area contributed by atoms with Crippen LogP contribution < -0.4 is 0 Å². The van der Waals surface area contributed by atoms with Crippen molar-refractivity contribution in [3.8, 4) is 0 Å². The molecule has 2 aliphatic rings. The number of carboxylic acids is 1. The zero-order valence-electron chi connectivity index (χ0n) is 11.5. The van der Waals surface area contributed by atoms with Crippen LogP contribution in [0.4, 0.5) is 0 Å². The van der Waals surface area contributed by atoms with Gasteiger partial charge in [-0.1, -0.05) is 12.8 Å². The first-order valence-electron chi connectivity index (χ1n) is 7.12. The summed E-state index contributed by atoms with van der Waals surface area (Å²) >= 11 is 0. The van der Waals surface area contributed by atoms with Crippen molar-refractivity contribution in [1.82, 2.24) is 4.90 Å². The fraction of sp³-hybridized carbons (Fsp3) is 0.846. The Bertz CT molecular complexity index is 481. The third-order valence-corrected chi connectivity index (χ3v) is 6.56. The van der Waals surface area contributed by atoms with Gasteiger partial charge in [0, 0.05) is 19.5 Å². The highest BCUT2D eigenvalue weighted by Gasteiger charge is 2.33. The van der Waals surface area contributed by atoms with Crippen molar-refractivity contribution in [3.05, 3.63) is 0 Å². The predicted octanol–water partition coefficient (Wildman–Crippen LogP) is 0.667. The fourth-order valence-corrected chi connectivity index (χ4v) is 4.83. The lowest BCUT2D eigenvalue weighted by atomic mass is 10.1. The first-order chi connectivity index (χ1) is 9.40. The number of hydrogen-bond acceptors (Lipinski definition) is 4. The second-order valence-electron chi connectivity index (χ2n) is 5.69.